The molecule has 33 heavy (non-hydrogen) atoms. The summed E-state index contributed by atoms with van der Waals surface area (Å²) in [6, 6.07) is 21.7. The highest BCUT2D eigenvalue weighted by Crippen LogP contribution is 2.24. The number of primary amides is 1. The van der Waals surface area contributed by atoms with Gasteiger partial charge in [-0.3, -0.25) is 9.59 Å². The lowest BCUT2D eigenvalue weighted by atomic mass is 10.2. The SMILES string of the molecule is COc1ccc(N2CCCN(C(=O)c3ccc(Oc4ccc(C(N)=O)cc4)cc3)CC2)cc1. The van der Waals surface area contributed by atoms with E-state index in [-0.39, 0.29) is 5.91 Å². The number of ether oxygens (including phenoxy) is 2. The third kappa shape index (κ3) is 5.44. The van der Waals surface area contributed by atoms with Crippen molar-refractivity contribution in [2.45, 2.75) is 6.42 Å². The summed E-state index contributed by atoms with van der Waals surface area (Å²) in [5.41, 5.74) is 7.44. The number of hydrogen-bond donors (Lipinski definition) is 1. The van der Waals surface area contributed by atoms with Crippen molar-refractivity contribution in [2.75, 3.05) is 38.2 Å². The summed E-state index contributed by atoms with van der Waals surface area (Å²) in [5, 5.41) is 0. The largest absolute Gasteiger partial charge is 0.497 e. The molecule has 0 spiro atoms. The van der Waals surface area contributed by atoms with Gasteiger partial charge in [-0.25, -0.2) is 0 Å². The van der Waals surface area contributed by atoms with E-state index in [0.29, 0.717) is 29.2 Å². The molecular formula is C26H27N3O4. The standard InChI is InChI=1S/C26H27N3O4/c1-32-22-13-7-21(8-14-22)28-15-2-16-29(18-17-28)26(31)20-5-11-24(12-6-20)33-23-9-3-19(4-10-23)25(27)30/h3-14H,2,15-18H2,1H3,(H2,27,30). The van der Waals surface area contributed by atoms with E-state index in [9.17, 15) is 9.59 Å². The van der Waals surface area contributed by atoms with E-state index >= 15 is 0 Å². The molecule has 0 atom stereocenters. The average molecular weight is 446 g/mol. The maximum Gasteiger partial charge on any atom is 0.253 e. The Hall–Kier alpha value is -4.00. The van der Waals surface area contributed by atoms with Crippen molar-refractivity contribution >= 4 is 17.5 Å². The van der Waals surface area contributed by atoms with Crippen molar-refractivity contribution in [3.63, 3.8) is 0 Å². The number of nitrogens with zero attached hydrogens (tertiary/aromatic N) is 2. The molecular weight excluding hydrogens is 418 g/mol. The fourth-order valence-corrected chi connectivity index (χ4v) is 3.84. The van der Waals surface area contributed by atoms with E-state index in [1.807, 2.05) is 17.0 Å². The van der Waals surface area contributed by atoms with Gasteiger partial charge in [-0.2, -0.15) is 0 Å². The van der Waals surface area contributed by atoms with Gasteiger partial charge < -0.3 is 25.0 Å². The Morgan fingerprint density at radius 2 is 1.30 bits per heavy atom. The number of hydrogen-bond acceptors (Lipinski definition) is 5. The van der Waals surface area contributed by atoms with Gasteiger partial charge in [0.05, 0.1) is 7.11 Å². The van der Waals surface area contributed by atoms with Crippen LogP contribution >= 0.6 is 0 Å². The molecule has 4 rings (SSSR count). The van der Waals surface area contributed by atoms with E-state index in [1.165, 1.54) is 0 Å². The summed E-state index contributed by atoms with van der Waals surface area (Å²) in [7, 11) is 1.66. The fourth-order valence-electron chi connectivity index (χ4n) is 3.84. The van der Waals surface area contributed by atoms with Gasteiger partial charge in [0, 0.05) is 43.0 Å². The minimum Gasteiger partial charge on any atom is -0.497 e. The number of amides is 2. The van der Waals surface area contributed by atoms with Gasteiger partial charge >= 0.3 is 0 Å². The lowest BCUT2D eigenvalue weighted by molar-refractivity contribution is 0.0766. The number of carbonyl (C=O) groups is 2. The first-order chi connectivity index (χ1) is 16.0. The minimum atomic E-state index is -0.481. The maximum atomic E-state index is 13.1. The zero-order chi connectivity index (χ0) is 23.2. The first-order valence-corrected chi connectivity index (χ1v) is 10.9. The number of rotatable bonds is 6. The van der Waals surface area contributed by atoms with Crippen molar-refractivity contribution in [2.24, 2.45) is 5.73 Å². The van der Waals surface area contributed by atoms with Gasteiger partial charge in [0.15, 0.2) is 0 Å². The molecule has 1 aliphatic heterocycles. The molecule has 0 unspecified atom stereocenters. The second kappa shape index (κ2) is 10.1. The van der Waals surface area contributed by atoms with Gasteiger partial charge in [0.25, 0.3) is 5.91 Å². The van der Waals surface area contributed by atoms with Crippen LogP contribution in [0.15, 0.2) is 72.8 Å². The Morgan fingerprint density at radius 1 is 0.727 bits per heavy atom. The van der Waals surface area contributed by atoms with Crippen molar-refractivity contribution in [1.82, 2.24) is 4.90 Å². The summed E-state index contributed by atoms with van der Waals surface area (Å²) in [6.45, 7) is 3.06. The summed E-state index contributed by atoms with van der Waals surface area (Å²) in [4.78, 5) is 28.4. The molecule has 0 saturated carbocycles. The monoisotopic (exact) mass is 445 g/mol. The van der Waals surface area contributed by atoms with Gasteiger partial charge in [-0.1, -0.05) is 0 Å². The summed E-state index contributed by atoms with van der Waals surface area (Å²) < 4.78 is 11.0. The number of nitrogens with two attached hydrogens (primary N) is 1. The molecule has 170 valence electrons. The number of anilines is 1. The van der Waals surface area contributed by atoms with Crippen LogP contribution in [0.1, 0.15) is 27.1 Å². The van der Waals surface area contributed by atoms with E-state index < -0.39 is 5.91 Å². The Labute approximate surface area is 193 Å². The first kappa shape index (κ1) is 22.2. The van der Waals surface area contributed by atoms with Crippen LogP contribution in [0.2, 0.25) is 0 Å². The number of benzene rings is 3. The predicted molar refractivity (Wildman–Crippen MR) is 127 cm³/mol. The second-order valence-corrected chi connectivity index (χ2v) is 7.85. The molecule has 3 aromatic carbocycles. The molecule has 2 N–H and O–H groups in total. The molecule has 0 aliphatic carbocycles. The average Bonchev–Trinajstić information content (AvgIpc) is 3.11. The zero-order valence-corrected chi connectivity index (χ0v) is 18.6. The highest BCUT2D eigenvalue weighted by Gasteiger charge is 2.20. The molecule has 0 aromatic heterocycles. The maximum absolute atomic E-state index is 13.1. The Bertz CT molecular complexity index is 1100. The number of carbonyl (C=O) groups excluding carboxylic acids is 2. The van der Waals surface area contributed by atoms with Gasteiger partial charge in [0.2, 0.25) is 5.91 Å². The highest BCUT2D eigenvalue weighted by atomic mass is 16.5. The van der Waals surface area contributed by atoms with Crippen LogP contribution in [0.5, 0.6) is 17.2 Å². The van der Waals surface area contributed by atoms with Crippen LogP contribution in [-0.2, 0) is 0 Å². The summed E-state index contributed by atoms with van der Waals surface area (Å²) in [6.07, 6.45) is 0.903. The van der Waals surface area contributed by atoms with Gasteiger partial charge in [0.1, 0.15) is 17.2 Å². The molecule has 7 nitrogen and oxygen atoms in total. The van der Waals surface area contributed by atoms with E-state index in [0.717, 1.165) is 37.5 Å². The van der Waals surface area contributed by atoms with Crippen molar-refractivity contribution in [3.05, 3.63) is 83.9 Å². The third-order valence-corrected chi connectivity index (χ3v) is 5.70. The molecule has 1 heterocycles. The molecule has 0 radical (unpaired) electrons. The molecule has 1 saturated heterocycles. The lowest BCUT2D eigenvalue weighted by Crippen LogP contribution is -2.35. The van der Waals surface area contributed by atoms with Crippen molar-refractivity contribution < 1.29 is 19.1 Å². The van der Waals surface area contributed by atoms with Crippen molar-refractivity contribution in [1.29, 1.82) is 0 Å². The molecule has 1 aliphatic rings. The summed E-state index contributed by atoms with van der Waals surface area (Å²) >= 11 is 0. The van der Waals surface area contributed by atoms with Crippen LogP contribution in [-0.4, -0.2) is 50.0 Å². The normalized spacial score (nSPS) is 13.8. The second-order valence-electron chi connectivity index (χ2n) is 7.85. The Kier molecular flexibility index (Phi) is 6.78. The van der Waals surface area contributed by atoms with E-state index in [4.69, 9.17) is 15.2 Å². The minimum absolute atomic E-state index is 0.0175. The first-order valence-electron chi connectivity index (χ1n) is 10.9. The van der Waals surface area contributed by atoms with Crippen molar-refractivity contribution in [3.8, 4) is 17.2 Å². The fraction of sp³-hybridized carbons (Fsp3) is 0.231. The lowest BCUT2D eigenvalue weighted by Gasteiger charge is -2.24. The number of methoxy groups -OCH3 is 1. The van der Waals surface area contributed by atoms with Gasteiger partial charge in [-0.05, 0) is 79.2 Å². The zero-order valence-electron chi connectivity index (χ0n) is 18.6. The van der Waals surface area contributed by atoms with Crippen LogP contribution in [0.4, 0.5) is 5.69 Å². The summed E-state index contributed by atoms with van der Waals surface area (Å²) in [5.74, 6) is 1.57. The molecule has 0 bridgehead atoms. The van der Waals surface area contributed by atoms with Crippen LogP contribution in [0.25, 0.3) is 0 Å². The highest BCUT2D eigenvalue weighted by molar-refractivity contribution is 5.94. The predicted octanol–water partition coefficient (Wildman–Crippen LogP) is 3.94. The molecule has 2 amide bonds. The Morgan fingerprint density at radius 3 is 1.88 bits per heavy atom. The topological polar surface area (TPSA) is 85.1 Å². The van der Waals surface area contributed by atoms with Crippen LogP contribution in [0, 0.1) is 0 Å². The molecule has 3 aromatic rings. The molecule has 1 fully saturated rings. The Balaban J connectivity index is 1.36. The van der Waals surface area contributed by atoms with Crippen LogP contribution < -0.4 is 20.1 Å². The smallest absolute Gasteiger partial charge is 0.253 e. The van der Waals surface area contributed by atoms with Gasteiger partial charge in [-0.15, -0.1) is 0 Å². The van der Waals surface area contributed by atoms with Crippen LogP contribution in [0.3, 0.4) is 0 Å². The third-order valence-electron chi connectivity index (χ3n) is 5.70. The molecule has 7 heteroatoms. The van der Waals surface area contributed by atoms with E-state index in [2.05, 4.69) is 17.0 Å². The van der Waals surface area contributed by atoms with E-state index in [1.54, 1.807) is 55.6 Å². The quantitative estimate of drug-likeness (QED) is 0.621.